The summed E-state index contributed by atoms with van der Waals surface area (Å²) in [5, 5.41) is 3.60. The Kier molecular flexibility index (Phi) is 4.55. The van der Waals surface area contributed by atoms with Crippen LogP contribution in [-0.2, 0) is 13.6 Å². The number of aryl methyl sites for hydroxylation is 1. The average Bonchev–Trinajstić information content (AvgIpc) is 3.03. The maximum Gasteiger partial charge on any atom is 0.130 e. The topological polar surface area (TPSA) is 52.2 Å². The van der Waals surface area contributed by atoms with Gasteiger partial charge < -0.3 is 13.7 Å². The first kappa shape index (κ1) is 16.9. The van der Waals surface area contributed by atoms with Crippen LogP contribution < -0.4 is 10.1 Å². The predicted molar refractivity (Wildman–Crippen MR) is 100 cm³/mol. The van der Waals surface area contributed by atoms with Crippen LogP contribution >= 0.6 is 0 Å². The number of rotatable bonds is 7. The van der Waals surface area contributed by atoms with Crippen LogP contribution in [0.1, 0.15) is 48.2 Å². The number of furan rings is 1. The molecule has 3 aromatic rings. The first-order valence-electron chi connectivity index (χ1n) is 9.09. The third kappa shape index (κ3) is 3.40. The van der Waals surface area contributed by atoms with E-state index < -0.39 is 0 Å². The molecule has 1 N–H and O–H groups in total. The highest BCUT2D eigenvalue weighted by molar-refractivity contribution is 5.32. The Labute approximate surface area is 154 Å². The van der Waals surface area contributed by atoms with Crippen LogP contribution in [0.25, 0.3) is 0 Å². The van der Waals surface area contributed by atoms with Gasteiger partial charge in [0, 0.05) is 25.4 Å². The van der Waals surface area contributed by atoms with Gasteiger partial charge in [0.25, 0.3) is 0 Å². The quantitative estimate of drug-likeness (QED) is 0.698. The van der Waals surface area contributed by atoms with Gasteiger partial charge >= 0.3 is 0 Å². The van der Waals surface area contributed by atoms with E-state index in [0.717, 1.165) is 34.6 Å². The van der Waals surface area contributed by atoms with Gasteiger partial charge in [0.1, 0.15) is 23.1 Å². The molecular weight excluding hydrogens is 326 g/mol. The van der Waals surface area contributed by atoms with Gasteiger partial charge in [-0.25, -0.2) is 4.98 Å². The van der Waals surface area contributed by atoms with E-state index in [0.29, 0.717) is 12.5 Å². The standard InChI is InChI=1S/C21H25N3O2/c1-14-12-18(14)19-9-8-17(26-19)13-23-20(21-22-10-11-24(21)2)15-4-6-16(25-3)7-5-15/h4-11,14,18,20,23H,12-13H2,1-3H3. The Hall–Kier alpha value is -2.53. The zero-order valence-electron chi connectivity index (χ0n) is 15.5. The molecule has 136 valence electrons. The molecule has 5 heteroatoms. The summed E-state index contributed by atoms with van der Waals surface area (Å²) in [4.78, 5) is 4.54. The molecule has 0 spiro atoms. The fourth-order valence-electron chi connectivity index (χ4n) is 3.42. The minimum atomic E-state index is -0.0192. The smallest absolute Gasteiger partial charge is 0.130 e. The van der Waals surface area contributed by atoms with Gasteiger partial charge in [-0.1, -0.05) is 19.1 Å². The van der Waals surface area contributed by atoms with E-state index in [-0.39, 0.29) is 6.04 Å². The molecule has 2 aromatic heterocycles. The van der Waals surface area contributed by atoms with Gasteiger partial charge in [-0.15, -0.1) is 0 Å². The maximum absolute atomic E-state index is 6.04. The van der Waals surface area contributed by atoms with Gasteiger partial charge in [-0.05, 0) is 42.2 Å². The fourth-order valence-corrected chi connectivity index (χ4v) is 3.42. The van der Waals surface area contributed by atoms with Crippen LogP contribution in [0.2, 0.25) is 0 Å². The average molecular weight is 351 g/mol. The maximum atomic E-state index is 6.04. The van der Waals surface area contributed by atoms with Crippen LogP contribution in [0, 0.1) is 5.92 Å². The molecule has 1 aromatic carbocycles. The Morgan fingerprint density at radius 1 is 1.27 bits per heavy atom. The van der Waals surface area contributed by atoms with Gasteiger partial charge in [-0.2, -0.15) is 0 Å². The number of hydrogen-bond donors (Lipinski definition) is 1. The molecule has 3 unspecified atom stereocenters. The number of nitrogens with zero attached hydrogens (tertiary/aromatic N) is 2. The van der Waals surface area contributed by atoms with Gasteiger partial charge in [0.05, 0.1) is 19.7 Å². The first-order chi connectivity index (χ1) is 12.7. The molecule has 0 radical (unpaired) electrons. The summed E-state index contributed by atoms with van der Waals surface area (Å²) in [5.74, 6) is 5.26. The molecule has 1 saturated carbocycles. The second-order valence-corrected chi connectivity index (χ2v) is 7.11. The fraction of sp³-hybridized carbons (Fsp3) is 0.381. The van der Waals surface area contributed by atoms with Crippen LogP contribution in [0.5, 0.6) is 5.75 Å². The number of hydrogen-bond acceptors (Lipinski definition) is 4. The van der Waals surface area contributed by atoms with Gasteiger partial charge in [0.15, 0.2) is 0 Å². The van der Waals surface area contributed by atoms with Crippen molar-refractivity contribution in [2.24, 2.45) is 13.0 Å². The van der Waals surface area contributed by atoms with Crippen molar-refractivity contribution in [2.45, 2.75) is 31.8 Å². The van der Waals surface area contributed by atoms with E-state index >= 15 is 0 Å². The minimum absolute atomic E-state index is 0.0192. The van der Waals surface area contributed by atoms with Crippen molar-refractivity contribution in [3.05, 3.63) is 71.7 Å². The van der Waals surface area contributed by atoms with Crippen molar-refractivity contribution in [1.82, 2.24) is 14.9 Å². The van der Waals surface area contributed by atoms with Crippen molar-refractivity contribution >= 4 is 0 Å². The molecule has 1 fully saturated rings. The van der Waals surface area contributed by atoms with Crippen LogP contribution in [0.3, 0.4) is 0 Å². The highest BCUT2D eigenvalue weighted by atomic mass is 16.5. The summed E-state index contributed by atoms with van der Waals surface area (Å²) >= 11 is 0. The number of benzene rings is 1. The van der Waals surface area contributed by atoms with E-state index in [1.165, 1.54) is 6.42 Å². The number of imidazole rings is 1. The molecule has 0 aliphatic heterocycles. The van der Waals surface area contributed by atoms with Crippen molar-refractivity contribution < 1.29 is 9.15 Å². The summed E-state index contributed by atoms with van der Waals surface area (Å²) in [6, 6.07) is 12.3. The lowest BCUT2D eigenvalue weighted by atomic mass is 10.1. The minimum Gasteiger partial charge on any atom is -0.497 e. The highest BCUT2D eigenvalue weighted by Crippen LogP contribution is 2.47. The Balaban J connectivity index is 1.53. The van der Waals surface area contributed by atoms with E-state index in [9.17, 15) is 0 Å². The van der Waals surface area contributed by atoms with Crippen molar-refractivity contribution in [1.29, 1.82) is 0 Å². The number of methoxy groups -OCH3 is 1. The zero-order chi connectivity index (χ0) is 18.1. The normalized spacial score (nSPS) is 20.1. The van der Waals surface area contributed by atoms with Crippen molar-refractivity contribution in [2.75, 3.05) is 7.11 Å². The third-order valence-electron chi connectivity index (χ3n) is 5.20. The van der Waals surface area contributed by atoms with E-state index in [4.69, 9.17) is 9.15 Å². The predicted octanol–water partition coefficient (Wildman–Crippen LogP) is 4.02. The highest BCUT2D eigenvalue weighted by Gasteiger charge is 2.36. The molecule has 0 saturated heterocycles. The lowest BCUT2D eigenvalue weighted by Crippen LogP contribution is -2.24. The molecule has 2 heterocycles. The van der Waals surface area contributed by atoms with E-state index in [2.05, 4.69) is 41.5 Å². The molecular formula is C21H25N3O2. The second-order valence-electron chi connectivity index (χ2n) is 7.11. The molecule has 3 atom stereocenters. The molecule has 5 nitrogen and oxygen atoms in total. The van der Waals surface area contributed by atoms with Gasteiger partial charge in [-0.3, -0.25) is 5.32 Å². The lowest BCUT2D eigenvalue weighted by Gasteiger charge is -2.19. The number of aromatic nitrogens is 2. The van der Waals surface area contributed by atoms with Crippen molar-refractivity contribution in [3.63, 3.8) is 0 Å². The molecule has 1 aliphatic rings. The monoisotopic (exact) mass is 351 g/mol. The van der Waals surface area contributed by atoms with Crippen LogP contribution in [0.4, 0.5) is 0 Å². The largest absolute Gasteiger partial charge is 0.497 e. The van der Waals surface area contributed by atoms with Crippen molar-refractivity contribution in [3.8, 4) is 5.75 Å². The summed E-state index contributed by atoms with van der Waals surface area (Å²) in [5.41, 5.74) is 1.14. The molecule has 26 heavy (non-hydrogen) atoms. The van der Waals surface area contributed by atoms with Crippen LogP contribution in [-0.4, -0.2) is 16.7 Å². The van der Waals surface area contributed by atoms with E-state index in [1.807, 2.05) is 36.1 Å². The third-order valence-corrected chi connectivity index (χ3v) is 5.20. The Morgan fingerprint density at radius 2 is 2.04 bits per heavy atom. The van der Waals surface area contributed by atoms with Gasteiger partial charge in [0.2, 0.25) is 0 Å². The number of nitrogens with one attached hydrogen (secondary N) is 1. The summed E-state index contributed by atoms with van der Waals surface area (Å²) in [7, 11) is 3.69. The summed E-state index contributed by atoms with van der Waals surface area (Å²) in [6.45, 7) is 2.93. The van der Waals surface area contributed by atoms with E-state index in [1.54, 1.807) is 7.11 Å². The number of ether oxygens (including phenoxy) is 1. The summed E-state index contributed by atoms with van der Waals surface area (Å²) in [6.07, 6.45) is 5.03. The lowest BCUT2D eigenvalue weighted by molar-refractivity contribution is 0.413. The SMILES string of the molecule is COc1ccc(C(NCc2ccc(C3CC3C)o2)c2nccn2C)cc1. The molecule has 0 amide bonds. The second kappa shape index (κ2) is 7.00. The molecule has 0 bridgehead atoms. The Morgan fingerprint density at radius 3 is 2.65 bits per heavy atom. The molecule has 1 aliphatic carbocycles. The summed E-state index contributed by atoms with van der Waals surface area (Å²) < 4.78 is 13.4. The zero-order valence-corrected chi connectivity index (χ0v) is 15.5. The first-order valence-corrected chi connectivity index (χ1v) is 9.09. The molecule has 4 rings (SSSR count). The van der Waals surface area contributed by atoms with Crippen LogP contribution in [0.15, 0.2) is 53.2 Å². The Bertz CT molecular complexity index is 866.